The van der Waals surface area contributed by atoms with Crippen LogP contribution >= 0.6 is 0 Å². The van der Waals surface area contributed by atoms with E-state index >= 15 is 0 Å². The fourth-order valence-electron chi connectivity index (χ4n) is 3.91. The minimum absolute atomic E-state index is 0.0484. The zero-order chi connectivity index (χ0) is 22.0. The molecule has 2 aromatic carbocycles. The number of fused-ring (bicyclic) bond motifs is 1. The van der Waals surface area contributed by atoms with Gasteiger partial charge in [0, 0.05) is 43.0 Å². The van der Waals surface area contributed by atoms with Crippen molar-refractivity contribution in [2.24, 2.45) is 5.92 Å². The molecule has 164 valence electrons. The first-order valence-corrected chi connectivity index (χ1v) is 10.8. The number of benzene rings is 2. The van der Waals surface area contributed by atoms with Crippen molar-refractivity contribution in [2.45, 2.75) is 26.7 Å². The predicted molar refractivity (Wildman–Crippen MR) is 123 cm³/mol. The average Bonchev–Trinajstić information content (AvgIpc) is 3.18. The number of phenolic OH excluding ortho intramolecular Hbond substituents is 1. The molecule has 4 rings (SSSR count). The number of ether oxygens (including phenoxy) is 1. The molecular weight excluding hydrogens is 392 g/mol. The summed E-state index contributed by atoms with van der Waals surface area (Å²) in [5, 5.41) is 18.8. The summed E-state index contributed by atoms with van der Waals surface area (Å²) in [7, 11) is 1.74. The highest BCUT2D eigenvalue weighted by molar-refractivity contribution is 6.09. The first-order valence-electron chi connectivity index (χ1n) is 10.8. The summed E-state index contributed by atoms with van der Waals surface area (Å²) in [5.41, 5.74) is 3.78. The summed E-state index contributed by atoms with van der Waals surface area (Å²) >= 11 is 0. The molecule has 1 aliphatic rings. The lowest BCUT2D eigenvalue weighted by molar-refractivity contribution is 0.0990. The van der Waals surface area contributed by atoms with Crippen LogP contribution in [0.4, 0.5) is 11.4 Å². The molecule has 0 radical (unpaired) electrons. The molecule has 1 aliphatic heterocycles. The summed E-state index contributed by atoms with van der Waals surface area (Å²) in [6.07, 6.45) is 1.84. The van der Waals surface area contributed by atoms with Gasteiger partial charge >= 0.3 is 0 Å². The second kappa shape index (κ2) is 8.98. The third-order valence-corrected chi connectivity index (χ3v) is 5.84. The van der Waals surface area contributed by atoms with Crippen molar-refractivity contribution in [1.82, 2.24) is 10.2 Å². The molecule has 1 saturated heterocycles. The number of aromatic hydroxyl groups is 1. The molecule has 0 saturated carbocycles. The predicted octanol–water partition coefficient (Wildman–Crippen LogP) is 3.97. The monoisotopic (exact) mass is 422 g/mol. The molecule has 7 nitrogen and oxygen atoms in total. The first kappa shape index (κ1) is 21.2. The number of rotatable bonds is 6. The second-order valence-corrected chi connectivity index (χ2v) is 8.50. The highest BCUT2D eigenvalue weighted by Crippen LogP contribution is 2.30. The van der Waals surface area contributed by atoms with Gasteiger partial charge in [0.2, 0.25) is 0 Å². The molecule has 3 aromatic rings. The molecule has 31 heavy (non-hydrogen) atoms. The van der Waals surface area contributed by atoms with Crippen LogP contribution in [0.2, 0.25) is 0 Å². The zero-order valence-electron chi connectivity index (χ0n) is 18.4. The van der Waals surface area contributed by atoms with Gasteiger partial charge in [-0.3, -0.25) is 9.89 Å². The van der Waals surface area contributed by atoms with Crippen LogP contribution in [0.25, 0.3) is 10.9 Å². The van der Waals surface area contributed by atoms with Gasteiger partial charge in [-0.15, -0.1) is 0 Å². The number of nitrogens with one attached hydrogen (secondary N) is 1. The van der Waals surface area contributed by atoms with Crippen LogP contribution in [0.1, 0.15) is 36.3 Å². The van der Waals surface area contributed by atoms with E-state index in [1.807, 2.05) is 24.3 Å². The Morgan fingerprint density at radius 3 is 2.77 bits per heavy atom. The van der Waals surface area contributed by atoms with Crippen molar-refractivity contribution >= 4 is 28.2 Å². The number of anilines is 2. The molecule has 1 aromatic heterocycles. The molecule has 0 unspecified atom stereocenters. The van der Waals surface area contributed by atoms with Crippen LogP contribution in [0.5, 0.6) is 5.75 Å². The Bertz CT molecular complexity index is 1070. The highest BCUT2D eigenvalue weighted by Gasteiger charge is 2.21. The van der Waals surface area contributed by atoms with E-state index in [2.05, 4.69) is 28.9 Å². The first-order chi connectivity index (χ1) is 14.9. The average molecular weight is 423 g/mol. The SMILES string of the molecule is CC(C)CCc1n[nH]c2cc(O)c(C(=O)N(C)c3cccc(N4CCOCC4)c3)cc12. The Balaban J connectivity index is 1.61. The van der Waals surface area contributed by atoms with Gasteiger partial charge in [0.25, 0.3) is 5.91 Å². The number of aromatic nitrogens is 2. The van der Waals surface area contributed by atoms with Crippen LogP contribution in [0.15, 0.2) is 36.4 Å². The Kier molecular flexibility index (Phi) is 6.13. The van der Waals surface area contributed by atoms with Gasteiger partial charge in [0.15, 0.2) is 0 Å². The van der Waals surface area contributed by atoms with E-state index in [4.69, 9.17) is 4.74 Å². The van der Waals surface area contributed by atoms with Crippen LogP contribution in [0.3, 0.4) is 0 Å². The van der Waals surface area contributed by atoms with E-state index in [1.54, 1.807) is 24.1 Å². The van der Waals surface area contributed by atoms with Gasteiger partial charge in [-0.2, -0.15) is 5.10 Å². The summed E-state index contributed by atoms with van der Waals surface area (Å²) < 4.78 is 5.43. The molecular formula is C24H30N4O3. The fraction of sp³-hybridized carbons (Fsp3) is 0.417. The topological polar surface area (TPSA) is 81.7 Å². The zero-order valence-corrected chi connectivity index (χ0v) is 18.4. The van der Waals surface area contributed by atoms with Gasteiger partial charge in [-0.05, 0) is 43.0 Å². The smallest absolute Gasteiger partial charge is 0.261 e. The van der Waals surface area contributed by atoms with Crippen LogP contribution in [0, 0.1) is 5.92 Å². The number of amides is 1. The largest absolute Gasteiger partial charge is 0.507 e. The second-order valence-electron chi connectivity index (χ2n) is 8.50. The number of aryl methyl sites for hydroxylation is 1. The standard InChI is InChI=1S/C24H30N4O3/c1-16(2)7-8-21-19-14-20(23(29)15-22(19)26-25-21)24(30)27(3)17-5-4-6-18(13-17)28-9-11-31-12-10-28/h4-6,13-16,29H,7-12H2,1-3H3,(H,25,26). The number of carbonyl (C=O) groups excluding carboxylic acids is 1. The molecule has 1 fully saturated rings. The molecule has 2 heterocycles. The number of carbonyl (C=O) groups is 1. The van der Waals surface area contributed by atoms with Crippen LogP contribution in [-0.2, 0) is 11.2 Å². The number of nitrogens with zero attached hydrogens (tertiary/aromatic N) is 3. The Morgan fingerprint density at radius 2 is 2.03 bits per heavy atom. The van der Waals surface area contributed by atoms with Gasteiger partial charge in [0.1, 0.15) is 5.75 Å². The third kappa shape index (κ3) is 4.51. The maximum atomic E-state index is 13.3. The number of aromatic amines is 1. The number of hydrogen-bond acceptors (Lipinski definition) is 5. The quantitative estimate of drug-likeness (QED) is 0.628. The molecule has 7 heteroatoms. The van der Waals surface area contributed by atoms with E-state index in [0.29, 0.717) is 19.1 Å². The van der Waals surface area contributed by atoms with Crippen molar-refractivity contribution in [3.8, 4) is 5.75 Å². The minimum atomic E-state index is -0.255. The lowest BCUT2D eigenvalue weighted by atomic mass is 10.0. The van der Waals surface area contributed by atoms with Crippen molar-refractivity contribution in [3.05, 3.63) is 47.7 Å². The maximum absolute atomic E-state index is 13.3. The van der Waals surface area contributed by atoms with E-state index in [9.17, 15) is 9.90 Å². The number of phenols is 1. The molecule has 1 amide bonds. The summed E-state index contributed by atoms with van der Waals surface area (Å²) in [6, 6.07) is 11.3. The van der Waals surface area contributed by atoms with Crippen molar-refractivity contribution < 1.29 is 14.6 Å². The van der Waals surface area contributed by atoms with Crippen molar-refractivity contribution in [3.63, 3.8) is 0 Å². The summed E-state index contributed by atoms with van der Waals surface area (Å²) in [4.78, 5) is 17.1. The van der Waals surface area contributed by atoms with Gasteiger partial charge in [0.05, 0.1) is 30.0 Å². The number of hydrogen-bond donors (Lipinski definition) is 2. The van der Waals surface area contributed by atoms with E-state index in [-0.39, 0.29) is 17.2 Å². The Morgan fingerprint density at radius 1 is 1.26 bits per heavy atom. The van der Waals surface area contributed by atoms with Gasteiger partial charge < -0.3 is 19.6 Å². The highest BCUT2D eigenvalue weighted by atomic mass is 16.5. The normalized spacial score (nSPS) is 14.4. The number of H-pyrrole nitrogens is 1. The van der Waals surface area contributed by atoms with Gasteiger partial charge in [-0.25, -0.2) is 0 Å². The lowest BCUT2D eigenvalue weighted by Crippen LogP contribution is -2.36. The summed E-state index contributed by atoms with van der Waals surface area (Å²) in [5.74, 6) is 0.261. The van der Waals surface area contributed by atoms with Crippen molar-refractivity contribution in [1.29, 1.82) is 0 Å². The van der Waals surface area contributed by atoms with E-state index in [0.717, 1.165) is 53.9 Å². The fourth-order valence-corrected chi connectivity index (χ4v) is 3.91. The van der Waals surface area contributed by atoms with Crippen LogP contribution in [-0.4, -0.2) is 54.6 Å². The van der Waals surface area contributed by atoms with Crippen molar-refractivity contribution in [2.75, 3.05) is 43.2 Å². The molecule has 0 spiro atoms. The Hall–Kier alpha value is -3.06. The minimum Gasteiger partial charge on any atom is -0.507 e. The van der Waals surface area contributed by atoms with E-state index in [1.165, 1.54) is 0 Å². The lowest BCUT2D eigenvalue weighted by Gasteiger charge is -2.29. The molecule has 0 atom stereocenters. The molecule has 0 aliphatic carbocycles. The summed E-state index contributed by atoms with van der Waals surface area (Å²) in [6.45, 7) is 7.43. The molecule has 2 N–H and O–H groups in total. The molecule has 0 bridgehead atoms. The maximum Gasteiger partial charge on any atom is 0.261 e. The Labute approximate surface area is 182 Å². The van der Waals surface area contributed by atoms with Gasteiger partial charge in [-0.1, -0.05) is 19.9 Å². The third-order valence-electron chi connectivity index (χ3n) is 5.84. The number of morpholine rings is 1. The van der Waals surface area contributed by atoms with E-state index < -0.39 is 0 Å². The van der Waals surface area contributed by atoms with Crippen LogP contribution < -0.4 is 9.80 Å².